The molecule has 1 N–H and O–H groups in total. The molecule has 1 aromatic heterocycles. The number of anilines is 1. The van der Waals surface area contributed by atoms with Gasteiger partial charge in [0.1, 0.15) is 0 Å². The molecule has 2 heterocycles. The highest BCUT2D eigenvalue weighted by molar-refractivity contribution is 7.98. The van der Waals surface area contributed by atoms with Gasteiger partial charge in [-0.05, 0) is 36.9 Å². The van der Waals surface area contributed by atoms with E-state index >= 15 is 0 Å². The van der Waals surface area contributed by atoms with Crippen LogP contribution < -0.4 is 10.1 Å². The predicted octanol–water partition coefficient (Wildman–Crippen LogP) is 6.36. The average Bonchev–Trinajstić information content (AvgIpc) is 3.00. The van der Waals surface area contributed by atoms with E-state index in [1.54, 1.807) is 23.5 Å². The number of hydrogen-bond donors (Lipinski definition) is 1. The van der Waals surface area contributed by atoms with E-state index in [0.717, 1.165) is 22.6 Å². The third kappa shape index (κ3) is 4.45. The van der Waals surface area contributed by atoms with E-state index in [4.69, 9.17) is 9.72 Å². The van der Waals surface area contributed by atoms with Gasteiger partial charge in [-0.2, -0.15) is 4.98 Å². The van der Waals surface area contributed by atoms with Crippen LogP contribution >= 0.6 is 23.5 Å². The van der Waals surface area contributed by atoms with Crippen LogP contribution in [0.1, 0.15) is 22.9 Å². The smallest absolute Gasteiger partial charge is 0.247 e. The van der Waals surface area contributed by atoms with Gasteiger partial charge in [0, 0.05) is 27.5 Å². The van der Waals surface area contributed by atoms with Crippen molar-refractivity contribution in [1.29, 1.82) is 0 Å². The van der Waals surface area contributed by atoms with E-state index < -0.39 is 0 Å². The van der Waals surface area contributed by atoms with Gasteiger partial charge in [0.25, 0.3) is 0 Å². The van der Waals surface area contributed by atoms with Crippen LogP contribution in [0.15, 0.2) is 82.8 Å². The van der Waals surface area contributed by atoms with E-state index in [1.165, 1.54) is 16.0 Å². The molecule has 1 atom stereocenters. The SMILES string of the molecule is CSc1ccc([C@H]2Nc3ccccc3-c3nnc(SCc4ccc(C)cc4)nc3O2)cc1. The summed E-state index contributed by atoms with van der Waals surface area (Å²) in [7, 11) is 0. The minimum Gasteiger partial charge on any atom is -0.448 e. The maximum Gasteiger partial charge on any atom is 0.247 e. The van der Waals surface area contributed by atoms with Crippen molar-refractivity contribution in [3.63, 3.8) is 0 Å². The molecule has 5 rings (SSSR count). The van der Waals surface area contributed by atoms with Crippen LogP contribution in [0.3, 0.4) is 0 Å². The molecule has 160 valence electrons. The average molecular weight is 459 g/mol. The Hall–Kier alpha value is -3.03. The molecule has 3 aromatic carbocycles. The summed E-state index contributed by atoms with van der Waals surface area (Å²) < 4.78 is 6.36. The second kappa shape index (κ2) is 9.22. The van der Waals surface area contributed by atoms with Crippen LogP contribution in [0.25, 0.3) is 11.3 Å². The Morgan fingerprint density at radius 2 is 1.72 bits per heavy atom. The summed E-state index contributed by atoms with van der Waals surface area (Å²) in [5, 5.41) is 13.0. The molecule has 0 amide bonds. The highest BCUT2D eigenvalue weighted by atomic mass is 32.2. The van der Waals surface area contributed by atoms with Gasteiger partial charge in [-0.3, -0.25) is 0 Å². The number of fused-ring (bicyclic) bond motifs is 3. The van der Waals surface area contributed by atoms with Gasteiger partial charge in [-0.15, -0.1) is 22.0 Å². The van der Waals surface area contributed by atoms with Gasteiger partial charge in [0.2, 0.25) is 11.0 Å². The second-order valence-corrected chi connectivity index (χ2v) is 9.31. The number of aromatic nitrogens is 3. The first-order chi connectivity index (χ1) is 15.7. The standard InChI is InChI=1S/C25H22N4OS2/c1-16-7-9-17(10-8-16)15-32-25-27-24-22(28-29-25)20-5-3-4-6-21(20)26-23(30-24)18-11-13-19(31-2)14-12-18/h3-14,23,26H,15H2,1-2H3/t23-/m0/s1. The molecular formula is C25H22N4OS2. The van der Waals surface area contributed by atoms with Gasteiger partial charge >= 0.3 is 0 Å². The molecule has 4 aromatic rings. The summed E-state index contributed by atoms with van der Waals surface area (Å²) in [6.07, 6.45) is 1.69. The minimum absolute atomic E-state index is 0.375. The first-order valence-corrected chi connectivity index (χ1v) is 12.5. The predicted molar refractivity (Wildman–Crippen MR) is 131 cm³/mol. The largest absolute Gasteiger partial charge is 0.448 e. The van der Waals surface area contributed by atoms with E-state index in [9.17, 15) is 0 Å². The number of hydrogen-bond acceptors (Lipinski definition) is 7. The molecule has 0 saturated carbocycles. The Bertz CT molecular complexity index is 1230. The Kier molecular flexibility index (Phi) is 6.01. The lowest BCUT2D eigenvalue weighted by Crippen LogP contribution is -2.17. The van der Waals surface area contributed by atoms with Gasteiger partial charge < -0.3 is 10.1 Å². The zero-order chi connectivity index (χ0) is 21.9. The molecule has 0 fully saturated rings. The van der Waals surface area contributed by atoms with Crippen LogP contribution in [-0.4, -0.2) is 21.4 Å². The lowest BCUT2D eigenvalue weighted by Gasteiger charge is -2.19. The normalized spacial score (nSPS) is 14.5. The number of nitrogens with one attached hydrogen (secondary N) is 1. The van der Waals surface area contributed by atoms with Gasteiger partial charge in [0.05, 0.1) is 0 Å². The van der Waals surface area contributed by atoms with E-state index in [2.05, 4.69) is 77.2 Å². The molecule has 0 aliphatic carbocycles. The number of thioether (sulfide) groups is 2. The molecule has 0 unspecified atom stereocenters. The number of ether oxygens (including phenoxy) is 1. The van der Waals surface area contributed by atoms with Gasteiger partial charge in [-0.25, -0.2) is 0 Å². The van der Waals surface area contributed by atoms with E-state index in [0.29, 0.717) is 16.7 Å². The highest BCUT2D eigenvalue weighted by Crippen LogP contribution is 2.39. The van der Waals surface area contributed by atoms with Crippen molar-refractivity contribution in [2.75, 3.05) is 11.6 Å². The summed E-state index contributed by atoms with van der Waals surface area (Å²) in [5.41, 5.74) is 6.02. The highest BCUT2D eigenvalue weighted by Gasteiger charge is 2.26. The number of rotatable bonds is 5. The summed E-state index contributed by atoms with van der Waals surface area (Å²) in [5.74, 6) is 1.26. The Morgan fingerprint density at radius 3 is 2.50 bits per heavy atom. The molecule has 7 heteroatoms. The monoisotopic (exact) mass is 458 g/mol. The third-order valence-corrected chi connectivity index (χ3v) is 6.89. The first-order valence-electron chi connectivity index (χ1n) is 10.3. The van der Waals surface area contributed by atoms with Crippen LogP contribution in [0.4, 0.5) is 5.69 Å². The Balaban J connectivity index is 1.46. The summed E-state index contributed by atoms with van der Waals surface area (Å²) in [4.78, 5) is 5.95. The van der Waals surface area contributed by atoms with Crippen molar-refractivity contribution in [2.24, 2.45) is 0 Å². The first kappa shape index (κ1) is 20.8. The molecular weight excluding hydrogens is 436 g/mol. The quantitative estimate of drug-likeness (QED) is 0.349. The lowest BCUT2D eigenvalue weighted by molar-refractivity contribution is 0.225. The van der Waals surface area contributed by atoms with Crippen LogP contribution in [0, 0.1) is 6.92 Å². The third-order valence-electron chi connectivity index (χ3n) is 5.24. The minimum atomic E-state index is -0.375. The number of benzene rings is 3. The van der Waals surface area contributed by atoms with Crippen LogP contribution in [0.5, 0.6) is 5.88 Å². The zero-order valence-corrected chi connectivity index (χ0v) is 19.4. The van der Waals surface area contributed by atoms with Crippen molar-refractivity contribution in [2.45, 2.75) is 29.0 Å². The van der Waals surface area contributed by atoms with E-state index in [1.807, 2.05) is 24.3 Å². The van der Waals surface area contributed by atoms with Crippen molar-refractivity contribution in [3.05, 3.63) is 89.5 Å². The number of para-hydroxylation sites is 1. The molecule has 0 spiro atoms. The van der Waals surface area contributed by atoms with Gasteiger partial charge in [-0.1, -0.05) is 71.9 Å². The van der Waals surface area contributed by atoms with Crippen molar-refractivity contribution >= 4 is 29.2 Å². The molecule has 32 heavy (non-hydrogen) atoms. The molecule has 5 nitrogen and oxygen atoms in total. The van der Waals surface area contributed by atoms with Gasteiger partial charge in [0.15, 0.2) is 11.9 Å². The maximum absolute atomic E-state index is 6.36. The Morgan fingerprint density at radius 1 is 0.938 bits per heavy atom. The molecule has 0 saturated heterocycles. The van der Waals surface area contributed by atoms with Crippen molar-refractivity contribution in [1.82, 2.24) is 15.2 Å². The maximum atomic E-state index is 6.36. The van der Waals surface area contributed by atoms with Crippen molar-refractivity contribution in [3.8, 4) is 17.1 Å². The lowest BCUT2D eigenvalue weighted by atomic mass is 10.1. The molecule has 0 radical (unpaired) electrons. The fraction of sp³-hybridized carbons (Fsp3) is 0.160. The summed E-state index contributed by atoms with van der Waals surface area (Å²) >= 11 is 3.27. The number of aryl methyl sites for hydroxylation is 1. The fourth-order valence-electron chi connectivity index (χ4n) is 3.47. The fourth-order valence-corrected chi connectivity index (χ4v) is 4.61. The molecule has 0 bridgehead atoms. The second-order valence-electron chi connectivity index (χ2n) is 7.48. The molecule has 1 aliphatic rings. The van der Waals surface area contributed by atoms with E-state index in [-0.39, 0.29) is 6.23 Å². The Labute approximate surface area is 196 Å². The summed E-state index contributed by atoms with van der Waals surface area (Å²) in [6.45, 7) is 2.09. The topological polar surface area (TPSA) is 59.9 Å². The molecule has 1 aliphatic heterocycles. The zero-order valence-electron chi connectivity index (χ0n) is 17.8. The van der Waals surface area contributed by atoms with Crippen molar-refractivity contribution < 1.29 is 4.74 Å². The van der Waals surface area contributed by atoms with Crippen LogP contribution in [-0.2, 0) is 5.75 Å². The summed E-state index contributed by atoms with van der Waals surface area (Å²) in [6, 6.07) is 24.9. The number of nitrogens with zero attached hydrogens (tertiary/aromatic N) is 3. The van der Waals surface area contributed by atoms with Crippen LogP contribution in [0.2, 0.25) is 0 Å².